The molecule has 1 saturated heterocycles. The van der Waals surface area contributed by atoms with E-state index < -0.39 is 0 Å². The summed E-state index contributed by atoms with van der Waals surface area (Å²) in [6.07, 6.45) is 5.54. The number of hydrogen-bond donors (Lipinski definition) is 2. The zero-order valence-corrected chi connectivity index (χ0v) is 12.4. The summed E-state index contributed by atoms with van der Waals surface area (Å²) in [5, 5.41) is 13.4. The van der Waals surface area contributed by atoms with Crippen LogP contribution in [0.3, 0.4) is 0 Å². The van der Waals surface area contributed by atoms with Gasteiger partial charge in [-0.15, -0.1) is 0 Å². The number of nitrogens with one attached hydrogen (secondary N) is 1. The molecule has 2 aliphatic rings. The molecule has 0 amide bonds. The van der Waals surface area contributed by atoms with E-state index in [2.05, 4.69) is 11.4 Å². The third-order valence-corrected chi connectivity index (χ3v) is 4.70. The first kappa shape index (κ1) is 14.2. The molecule has 3 nitrogen and oxygen atoms in total. The Balaban J connectivity index is 1.83. The van der Waals surface area contributed by atoms with Gasteiger partial charge in [0, 0.05) is 41.4 Å². The standard InChI is InChI=1S/C16H22ClNO2/c17-11-6-7-15-13(10-11)16-12(4-3-9-20-16)14(18-15)5-1-2-8-19/h6-7,10,12,14,16,18-19H,1-5,8-9H2/t12-,14+,16-/m0/s1. The second-order valence-electron chi connectivity index (χ2n) is 5.80. The fourth-order valence-corrected chi connectivity index (χ4v) is 3.69. The Bertz CT molecular complexity index is 466. The number of ether oxygens (including phenoxy) is 1. The average molecular weight is 296 g/mol. The van der Waals surface area contributed by atoms with Crippen molar-refractivity contribution in [3.05, 3.63) is 28.8 Å². The second-order valence-corrected chi connectivity index (χ2v) is 6.24. The van der Waals surface area contributed by atoms with Crippen molar-refractivity contribution in [2.24, 2.45) is 5.92 Å². The molecule has 20 heavy (non-hydrogen) atoms. The maximum Gasteiger partial charge on any atom is 0.0893 e. The van der Waals surface area contributed by atoms with Gasteiger partial charge in [-0.25, -0.2) is 0 Å². The molecule has 2 N–H and O–H groups in total. The zero-order chi connectivity index (χ0) is 13.9. The predicted octanol–water partition coefficient (Wildman–Crippen LogP) is 3.76. The third-order valence-electron chi connectivity index (χ3n) is 4.47. The van der Waals surface area contributed by atoms with Gasteiger partial charge in [0.05, 0.1) is 6.10 Å². The Morgan fingerprint density at radius 3 is 3.10 bits per heavy atom. The number of halogens is 1. The number of aliphatic hydroxyl groups excluding tert-OH is 1. The van der Waals surface area contributed by atoms with Crippen LogP contribution in [-0.4, -0.2) is 24.4 Å². The van der Waals surface area contributed by atoms with Gasteiger partial charge in [-0.05, 0) is 50.3 Å². The summed E-state index contributed by atoms with van der Waals surface area (Å²) in [7, 11) is 0. The molecule has 0 spiro atoms. The van der Waals surface area contributed by atoms with Gasteiger partial charge in [0.15, 0.2) is 0 Å². The van der Waals surface area contributed by atoms with E-state index in [0.717, 1.165) is 43.0 Å². The number of rotatable bonds is 4. The van der Waals surface area contributed by atoms with E-state index in [4.69, 9.17) is 21.4 Å². The van der Waals surface area contributed by atoms with Crippen LogP contribution in [0.2, 0.25) is 5.02 Å². The minimum atomic E-state index is 0.179. The molecule has 1 fully saturated rings. The predicted molar refractivity (Wildman–Crippen MR) is 81.2 cm³/mol. The Labute approximate surface area is 125 Å². The van der Waals surface area contributed by atoms with Crippen molar-refractivity contribution < 1.29 is 9.84 Å². The van der Waals surface area contributed by atoms with E-state index in [9.17, 15) is 0 Å². The maximum atomic E-state index is 8.96. The lowest BCUT2D eigenvalue weighted by Crippen LogP contribution is -2.41. The van der Waals surface area contributed by atoms with Gasteiger partial charge in [-0.3, -0.25) is 0 Å². The van der Waals surface area contributed by atoms with Crippen LogP contribution < -0.4 is 5.32 Å². The molecule has 1 aromatic carbocycles. The smallest absolute Gasteiger partial charge is 0.0893 e. The van der Waals surface area contributed by atoms with Crippen molar-refractivity contribution in [3.63, 3.8) is 0 Å². The Morgan fingerprint density at radius 2 is 2.25 bits per heavy atom. The minimum absolute atomic E-state index is 0.179. The molecule has 2 aliphatic heterocycles. The van der Waals surface area contributed by atoms with Gasteiger partial charge < -0.3 is 15.2 Å². The van der Waals surface area contributed by atoms with Crippen LogP contribution in [0.25, 0.3) is 0 Å². The molecule has 3 atom stereocenters. The first-order chi connectivity index (χ1) is 9.79. The Hall–Kier alpha value is -0.770. The summed E-state index contributed by atoms with van der Waals surface area (Å²) in [4.78, 5) is 0. The molecule has 0 aromatic heterocycles. The number of aliphatic hydroxyl groups is 1. The van der Waals surface area contributed by atoms with Gasteiger partial charge in [0.1, 0.15) is 0 Å². The van der Waals surface area contributed by atoms with Gasteiger partial charge in [0.25, 0.3) is 0 Å². The molecule has 0 aliphatic carbocycles. The highest BCUT2D eigenvalue weighted by molar-refractivity contribution is 6.30. The first-order valence-electron chi connectivity index (χ1n) is 7.58. The molecule has 0 bridgehead atoms. The summed E-state index contributed by atoms with van der Waals surface area (Å²) in [6, 6.07) is 6.48. The van der Waals surface area contributed by atoms with Crippen molar-refractivity contribution in [1.82, 2.24) is 0 Å². The highest BCUT2D eigenvalue weighted by Crippen LogP contribution is 2.45. The van der Waals surface area contributed by atoms with E-state index in [1.807, 2.05) is 12.1 Å². The molecular formula is C16H22ClNO2. The third kappa shape index (κ3) is 2.80. The van der Waals surface area contributed by atoms with E-state index >= 15 is 0 Å². The maximum absolute atomic E-state index is 8.96. The normalized spacial score (nSPS) is 28.4. The lowest BCUT2D eigenvalue weighted by molar-refractivity contribution is -0.0387. The molecule has 1 aromatic rings. The van der Waals surface area contributed by atoms with Crippen molar-refractivity contribution in [2.45, 2.75) is 44.2 Å². The van der Waals surface area contributed by atoms with Crippen LogP contribution in [0.1, 0.15) is 43.8 Å². The van der Waals surface area contributed by atoms with Gasteiger partial charge in [0.2, 0.25) is 0 Å². The van der Waals surface area contributed by atoms with Crippen molar-refractivity contribution >= 4 is 17.3 Å². The van der Waals surface area contributed by atoms with Crippen molar-refractivity contribution in [1.29, 1.82) is 0 Å². The SMILES string of the molecule is OCCCC[C@H]1Nc2ccc(Cl)cc2[C@H]2OCCC[C@H]21. The Kier molecular flexibility index (Phi) is 4.49. The minimum Gasteiger partial charge on any atom is -0.396 e. The largest absolute Gasteiger partial charge is 0.396 e. The van der Waals surface area contributed by atoms with E-state index in [1.54, 1.807) is 0 Å². The van der Waals surface area contributed by atoms with Crippen molar-refractivity contribution in [2.75, 3.05) is 18.5 Å². The number of anilines is 1. The van der Waals surface area contributed by atoms with Gasteiger partial charge >= 0.3 is 0 Å². The Morgan fingerprint density at radius 1 is 1.35 bits per heavy atom. The molecule has 110 valence electrons. The highest BCUT2D eigenvalue weighted by Gasteiger charge is 2.38. The molecule has 4 heteroatoms. The molecular weight excluding hydrogens is 274 g/mol. The number of unbranched alkanes of at least 4 members (excludes halogenated alkanes) is 1. The number of benzene rings is 1. The van der Waals surface area contributed by atoms with E-state index in [-0.39, 0.29) is 12.7 Å². The molecule has 0 saturated carbocycles. The average Bonchev–Trinajstić information content (AvgIpc) is 2.48. The van der Waals surface area contributed by atoms with Crippen LogP contribution >= 0.6 is 11.6 Å². The number of fused-ring (bicyclic) bond motifs is 3. The summed E-state index contributed by atoms with van der Waals surface area (Å²) in [5.74, 6) is 0.522. The van der Waals surface area contributed by atoms with Gasteiger partial charge in [-0.1, -0.05) is 11.6 Å². The molecule has 0 radical (unpaired) electrons. The lowest BCUT2D eigenvalue weighted by atomic mass is 9.78. The lowest BCUT2D eigenvalue weighted by Gasteiger charge is -2.43. The zero-order valence-electron chi connectivity index (χ0n) is 11.6. The first-order valence-corrected chi connectivity index (χ1v) is 7.96. The highest BCUT2D eigenvalue weighted by atomic mass is 35.5. The van der Waals surface area contributed by atoms with Crippen LogP contribution in [0.4, 0.5) is 5.69 Å². The fraction of sp³-hybridized carbons (Fsp3) is 0.625. The molecule has 0 unspecified atom stereocenters. The van der Waals surface area contributed by atoms with Crippen LogP contribution in [0.5, 0.6) is 0 Å². The molecule has 3 rings (SSSR count). The monoisotopic (exact) mass is 295 g/mol. The molecule has 2 heterocycles. The van der Waals surface area contributed by atoms with Gasteiger partial charge in [-0.2, -0.15) is 0 Å². The van der Waals surface area contributed by atoms with Crippen LogP contribution in [0, 0.1) is 5.92 Å². The van der Waals surface area contributed by atoms with Crippen LogP contribution in [0.15, 0.2) is 18.2 Å². The summed E-state index contributed by atoms with van der Waals surface area (Å²) in [6.45, 7) is 1.12. The van der Waals surface area contributed by atoms with Crippen LogP contribution in [-0.2, 0) is 4.74 Å². The topological polar surface area (TPSA) is 41.5 Å². The van der Waals surface area contributed by atoms with E-state index in [0.29, 0.717) is 12.0 Å². The van der Waals surface area contributed by atoms with E-state index in [1.165, 1.54) is 12.0 Å². The summed E-state index contributed by atoms with van der Waals surface area (Å²) < 4.78 is 6.05. The second kappa shape index (κ2) is 6.33. The fourth-order valence-electron chi connectivity index (χ4n) is 3.51. The number of hydrogen-bond acceptors (Lipinski definition) is 3. The summed E-state index contributed by atoms with van der Waals surface area (Å²) >= 11 is 6.14. The van der Waals surface area contributed by atoms with Crippen molar-refractivity contribution in [3.8, 4) is 0 Å². The summed E-state index contributed by atoms with van der Waals surface area (Å²) in [5.41, 5.74) is 2.37. The quantitative estimate of drug-likeness (QED) is 0.831.